The highest BCUT2D eigenvalue weighted by molar-refractivity contribution is 6.42. The molecule has 5 rings (SSSR count). The first-order valence-electron chi connectivity index (χ1n) is 9.53. The first-order chi connectivity index (χ1) is 13.6. The van der Waals surface area contributed by atoms with Crippen molar-refractivity contribution in [2.45, 2.75) is 43.2 Å². The largest absolute Gasteiger partial charge is 0.339 e. The zero-order valence-electron chi connectivity index (χ0n) is 15.4. The minimum atomic E-state index is 0.117. The number of likely N-dealkylation sites (N-methyl/N-ethyl adjacent to an activating group) is 1. The third-order valence-corrected chi connectivity index (χ3v) is 7.00. The van der Waals surface area contributed by atoms with E-state index in [1.54, 1.807) is 6.20 Å². The molecule has 0 amide bonds. The topological polar surface area (TPSA) is 55.1 Å². The summed E-state index contributed by atoms with van der Waals surface area (Å²) in [6.45, 7) is 0. The molecule has 2 aliphatic rings. The fraction of sp³-hybridized carbons (Fsp3) is 0.381. The molecule has 0 saturated carbocycles. The Kier molecular flexibility index (Phi) is 4.62. The van der Waals surface area contributed by atoms with Gasteiger partial charge in [-0.05, 0) is 62.1 Å². The molecule has 7 heteroatoms. The zero-order chi connectivity index (χ0) is 19.3. The van der Waals surface area contributed by atoms with Gasteiger partial charge in [-0.3, -0.25) is 9.88 Å². The number of fused-ring (bicyclic) bond motifs is 2. The lowest BCUT2D eigenvalue weighted by Gasteiger charge is -2.41. The van der Waals surface area contributed by atoms with E-state index in [4.69, 9.17) is 32.7 Å². The van der Waals surface area contributed by atoms with Crippen LogP contribution in [0.5, 0.6) is 0 Å². The van der Waals surface area contributed by atoms with Crippen molar-refractivity contribution < 1.29 is 4.52 Å². The number of nitrogens with zero attached hydrogens (tertiary/aromatic N) is 4. The average Bonchev–Trinajstić information content (AvgIpc) is 3.28. The average molecular weight is 415 g/mol. The Morgan fingerprint density at radius 2 is 2.00 bits per heavy atom. The summed E-state index contributed by atoms with van der Waals surface area (Å²) in [5.74, 6) is 1.59. The van der Waals surface area contributed by atoms with Crippen LogP contribution in [0.1, 0.15) is 42.6 Å². The van der Waals surface area contributed by atoms with Crippen LogP contribution in [-0.2, 0) is 0 Å². The zero-order valence-corrected chi connectivity index (χ0v) is 16.9. The van der Waals surface area contributed by atoms with Gasteiger partial charge in [0, 0.05) is 18.3 Å². The van der Waals surface area contributed by atoms with Gasteiger partial charge in [-0.25, -0.2) is 0 Å². The molecule has 0 spiro atoms. The van der Waals surface area contributed by atoms with Crippen molar-refractivity contribution in [3.63, 3.8) is 0 Å². The molecule has 2 saturated heterocycles. The second-order valence-electron chi connectivity index (χ2n) is 7.68. The number of benzene rings is 1. The number of hydrogen-bond donors (Lipinski definition) is 0. The summed E-state index contributed by atoms with van der Waals surface area (Å²) in [4.78, 5) is 11.6. The smallest absolute Gasteiger partial charge is 0.232 e. The van der Waals surface area contributed by atoms with Crippen molar-refractivity contribution in [2.24, 2.45) is 0 Å². The quantitative estimate of drug-likeness (QED) is 0.591. The van der Waals surface area contributed by atoms with E-state index in [1.807, 2.05) is 30.3 Å². The van der Waals surface area contributed by atoms with E-state index in [9.17, 15) is 0 Å². The van der Waals surface area contributed by atoms with Gasteiger partial charge in [0.15, 0.2) is 0 Å². The van der Waals surface area contributed by atoms with Crippen LogP contribution in [0, 0.1) is 0 Å². The minimum Gasteiger partial charge on any atom is -0.339 e. The fourth-order valence-electron chi connectivity index (χ4n) is 4.86. The Bertz CT molecular complexity index is 993. The molecule has 5 nitrogen and oxygen atoms in total. The van der Waals surface area contributed by atoms with Crippen molar-refractivity contribution >= 4 is 23.2 Å². The van der Waals surface area contributed by atoms with Crippen LogP contribution in [0.3, 0.4) is 0 Å². The first kappa shape index (κ1) is 18.1. The predicted molar refractivity (Wildman–Crippen MR) is 109 cm³/mol. The molecule has 4 heterocycles. The highest BCUT2D eigenvalue weighted by atomic mass is 35.5. The summed E-state index contributed by atoms with van der Waals surface area (Å²) in [6.07, 6.45) is 5.10. The summed E-state index contributed by atoms with van der Waals surface area (Å²) in [6, 6.07) is 12.6. The van der Waals surface area contributed by atoms with Crippen LogP contribution in [0.25, 0.3) is 11.5 Å². The molecule has 4 atom stereocenters. The van der Waals surface area contributed by atoms with Gasteiger partial charge in [0.1, 0.15) is 5.69 Å². The lowest BCUT2D eigenvalue weighted by molar-refractivity contribution is 0.120. The van der Waals surface area contributed by atoms with E-state index in [-0.39, 0.29) is 11.8 Å². The van der Waals surface area contributed by atoms with Crippen molar-refractivity contribution in [1.82, 2.24) is 20.0 Å². The van der Waals surface area contributed by atoms with Crippen LogP contribution >= 0.6 is 23.2 Å². The van der Waals surface area contributed by atoms with E-state index >= 15 is 0 Å². The maximum Gasteiger partial charge on any atom is 0.232 e. The summed E-state index contributed by atoms with van der Waals surface area (Å²) in [5, 5.41) is 5.38. The van der Waals surface area contributed by atoms with Gasteiger partial charge in [0.05, 0.1) is 16.0 Å². The summed E-state index contributed by atoms with van der Waals surface area (Å²) in [7, 11) is 2.20. The van der Waals surface area contributed by atoms with Crippen LogP contribution < -0.4 is 0 Å². The van der Waals surface area contributed by atoms with E-state index < -0.39 is 0 Å². The third-order valence-electron chi connectivity index (χ3n) is 6.26. The van der Waals surface area contributed by atoms with Crippen LogP contribution in [-0.4, -0.2) is 39.2 Å². The Hall–Kier alpha value is -1.95. The Morgan fingerprint density at radius 3 is 2.79 bits per heavy atom. The van der Waals surface area contributed by atoms with Gasteiger partial charge in [-0.2, -0.15) is 4.98 Å². The van der Waals surface area contributed by atoms with Crippen LogP contribution in [0.4, 0.5) is 0 Å². The minimum absolute atomic E-state index is 0.117. The van der Waals surface area contributed by atoms with Gasteiger partial charge in [-0.1, -0.05) is 40.5 Å². The van der Waals surface area contributed by atoms with Crippen molar-refractivity contribution in [1.29, 1.82) is 0 Å². The molecule has 2 bridgehead atoms. The number of pyridine rings is 1. The second kappa shape index (κ2) is 7.14. The first-order valence-corrected chi connectivity index (χ1v) is 10.3. The Labute approximate surface area is 173 Å². The second-order valence-corrected chi connectivity index (χ2v) is 8.49. The number of hydrogen-bond acceptors (Lipinski definition) is 5. The van der Waals surface area contributed by atoms with E-state index in [2.05, 4.69) is 28.2 Å². The molecule has 0 radical (unpaired) electrons. The third kappa shape index (κ3) is 3.02. The standard InChI is InChI=1S/C21H20Cl2N4O/c1-27-13-6-8-18(27)19(14(11-13)12-5-7-15(22)16(23)10-12)21-25-20(26-28-21)17-4-2-3-9-24-17/h2-5,7,9-10,13-14,18-19H,6,8,11H2,1H3/t13-,14+,18+,19+/m0/s1. The van der Waals surface area contributed by atoms with Gasteiger partial charge < -0.3 is 4.52 Å². The van der Waals surface area contributed by atoms with E-state index in [1.165, 1.54) is 12.0 Å². The van der Waals surface area contributed by atoms with Gasteiger partial charge in [0.25, 0.3) is 0 Å². The highest BCUT2D eigenvalue weighted by Crippen LogP contribution is 2.51. The van der Waals surface area contributed by atoms with Crippen molar-refractivity contribution in [3.05, 3.63) is 64.1 Å². The molecule has 0 unspecified atom stereocenters. The van der Waals surface area contributed by atoms with Crippen LogP contribution in [0.15, 0.2) is 47.1 Å². The summed E-state index contributed by atoms with van der Waals surface area (Å²) >= 11 is 12.5. The molecule has 2 aliphatic heterocycles. The maximum atomic E-state index is 6.33. The summed E-state index contributed by atoms with van der Waals surface area (Å²) < 4.78 is 5.78. The van der Waals surface area contributed by atoms with Crippen molar-refractivity contribution in [2.75, 3.05) is 7.05 Å². The predicted octanol–water partition coefficient (Wildman–Crippen LogP) is 5.17. The molecule has 0 aliphatic carbocycles. The highest BCUT2D eigenvalue weighted by Gasteiger charge is 2.49. The molecule has 3 aromatic rings. The molecule has 1 aromatic carbocycles. The van der Waals surface area contributed by atoms with Gasteiger partial charge in [0.2, 0.25) is 11.7 Å². The number of aromatic nitrogens is 3. The molecular weight excluding hydrogens is 395 g/mol. The molecular formula is C21H20Cl2N4O. The van der Waals surface area contributed by atoms with Crippen LogP contribution in [0.2, 0.25) is 10.0 Å². The number of halogens is 2. The molecule has 144 valence electrons. The SMILES string of the molecule is CN1[C@H]2CC[C@@H]1[C@H](c1nc(-c3ccccn3)no1)[C@@H](c1ccc(Cl)c(Cl)c1)C2. The Balaban J connectivity index is 1.55. The molecule has 2 fully saturated rings. The summed E-state index contributed by atoms with van der Waals surface area (Å²) in [5.41, 5.74) is 1.90. The Morgan fingerprint density at radius 1 is 1.11 bits per heavy atom. The van der Waals surface area contributed by atoms with Crippen molar-refractivity contribution in [3.8, 4) is 11.5 Å². The monoisotopic (exact) mass is 414 g/mol. The van der Waals surface area contributed by atoms with E-state index in [0.29, 0.717) is 33.8 Å². The lowest BCUT2D eigenvalue weighted by atomic mass is 9.76. The molecule has 2 aromatic heterocycles. The van der Waals surface area contributed by atoms with Gasteiger partial charge >= 0.3 is 0 Å². The maximum absolute atomic E-state index is 6.33. The normalized spacial score (nSPS) is 27.2. The van der Waals surface area contributed by atoms with E-state index in [0.717, 1.165) is 18.5 Å². The number of piperidine rings is 1. The van der Waals surface area contributed by atoms with Gasteiger partial charge in [-0.15, -0.1) is 0 Å². The fourth-order valence-corrected chi connectivity index (χ4v) is 5.17. The number of rotatable bonds is 3. The molecule has 0 N–H and O–H groups in total. The molecule has 28 heavy (non-hydrogen) atoms. The lowest BCUT2D eigenvalue weighted by Crippen LogP contribution is -2.44.